The van der Waals surface area contributed by atoms with Crippen LogP contribution in [0.25, 0.3) is 0 Å². The van der Waals surface area contributed by atoms with Gasteiger partial charge in [0, 0.05) is 24.8 Å². The first-order valence-corrected chi connectivity index (χ1v) is 5.49. The van der Waals surface area contributed by atoms with Gasteiger partial charge in [-0.05, 0) is 12.5 Å². The molecule has 1 aliphatic rings. The summed E-state index contributed by atoms with van der Waals surface area (Å²) in [6, 6.07) is 7.33. The Bertz CT molecular complexity index is 491. The smallest absolute Gasteiger partial charge is 0.255 e. The largest absolute Gasteiger partial charge is 0.383 e. The SMILES string of the molecule is COCCN1C(=O)c2c(C)cccc2C1C#N. The van der Waals surface area contributed by atoms with Crippen LogP contribution >= 0.6 is 0 Å². The first-order valence-electron chi connectivity index (χ1n) is 5.49. The molecule has 0 fully saturated rings. The number of benzene rings is 1. The lowest BCUT2D eigenvalue weighted by molar-refractivity contribution is 0.0692. The Morgan fingerprint density at radius 2 is 2.29 bits per heavy atom. The van der Waals surface area contributed by atoms with Crippen LogP contribution in [0.15, 0.2) is 18.2 Å². The lowest BCUT2D eigenvalue weighted by Gasteiger charge is -2.19. The number of nitrogens with zero attached hydrogens (tertiary/aromatic N) is 2. The van der Waals surface area contributed by atoms with Gasteiger partial charge in [0.1, 0.15) is 6.04 Å². The van der Waals surface area contributed by atoms with Gasteiger partial charge in [0.15, 0.2) is 0 Å². The molecule has 1 atom stereocenters. The predicted molar refractivity (Wildman–Crippen MR) is 62.4 cm³/mol. The Kier molecular flexibility index (Phi) is 3.12. The molecule has 0 spiro atoms. The van der Waals surface area contributed by atoms with Crippen LogP contribution in [0.2, 0.25) is 0 Å². The maximum absolute atomic E-state index is 12.2. The number of methoxy groups -OCH3 is 1. The highest BCUT2D eigenvalue weighted by Gasteiger charge is 2.37. The minimum absolute atomic E-state index is 0.0679. The molecule has 1 heterocycles. The van der Waals surface area contributed by atoms with E-state index in [4.69, 9.17) is 4.74 Å². The topological polar surface area (TPSA) is 53.3 Å². The molecule has 4 nitrogen and oxygen atoms in total. The number of rotatable bonds is 3. The molecule has 1 unspecified atom stereocenters. The number of carbonyl (C=O) groups is 1. The molecule has 0 radical (unpaired) electrons. The Hall–Kier alpha value is -1.86. The van der Waals surface area contributed by atoms with E-state index in [1.165, 1.54) is 0 Å². The van der Waals surface area contributed by atoms with Crippen molar-refractivity contribution >= 4 is 5.91 Å². The third kappa shape index (κ3) is 1.79. The molecule has 17 heavy (non-hydrogen) atoms. The summed E-state index contributed by atoms with van der Waals surface area (Å²) in [5, 5.41) is 9.21. The lowest BCUT2D eigenvalue weighted by atomic mass is 10.0. The van der Waals surface area contributed by atoms with E-state index in [1.54, 1.807) is 12.0 Å². The molecule has 0 saturated carbocycles. The zero-order chi connectivity index (χ0) is 12.4. The van der Waals surface area contributed by atoms with E-state index in [0.29, 0.717) is 18.7 Å². The number of amides is 1. The third-order valence-corrected chi connectivity index (χ3v) is 3.04. The minimum atomic E-state index is -0.479. The van der Waals surface area contributed by atoms with E-state index in [0.717, 1.165) is 11.1 Å². The Morgan fingerprint density at radius 3 is 2.94 bits per heavy atom. The van der Waals surface area contributed by atoms with Gasteiger partial charge in [0.05, 0.1) is 12.7 Å². The van der Waals surface area contributed by atoms with Crippen LogP contribution in [0.5, 0.6) is 0 Å². The molecule has 0 bridgehead atoms. The number of ether oxygens (including phenoxy) is 1. The van der Waals surface area contributed by atoms with Crippen LogP contribution < -0.4 is 0 Å². The Labute approximate surface area is 100 Å². The summed E-state index contributed by atoms with van der Waals surface area (Å²) < 4.78 is 4.97. The molecule has 0 N–H and O–H groups in total. The van der Waals surface area contributed by atoms with Gasteiger partial charge < -0.3 is 9.64 Å². The second-order valence-electron chi connectivity index (χ2n) is 4.06. The first-order chi connectivity index (χ1) is 8.20. The summed E-state index contributed by atoms with van der Waals surface area (Å²) >= 11 is 0. The molecule has 1 amide bonds. The number of aryl methyl sites for hydroxylation is 1. The second kappa shape index (κ2) is 4.56. The number of nitriles is 1. The molecular weight excluding hydrogens is 216 g/mol. The summed E-state index contributed by atoms with van der Waals surface area (Å²) in [7, 11) is 1.58. The molecule has 0 aliphatic carbocycles. The number of hydrogen-bond acceptors (Lipinski definition) is 3. The Morgan fingerprint density at radius 1 is 1.53 bits per heavy atom. The summed E-state index contributed by atoms with van der Waals surface area (Å²) in [5.41, 5.74) is 2.41. The van der Waals surface area contributed by atoms with Crippen molar-refractivity contribution in [3.8, 4) is 6.07 Å². The zero-order valence-electron chi connectivity index (χ0n) is 9.93. The molecule has 1 aromatic rings. The molecule has 88 valence electrons. The van der Waals surface area contributed by atoms with Crippen molar-refractivity contribution in [3.05, 3.63) is 34.9 Å². The van der Waals surface area contributed by atoms with E-state index >= 15 is 0 Å². The number of hydrogen-bond donors (Lipinski definition) is 0. The van der Waals surface area contributed by atoms with Crippen LogP contribution in [0.4, 0.5) is 0 Å². The predicted octanol–water partition coefficient (Wildman–Crippen LogP) is 1.66. The van der Waals surface area contributed by atoms with Gasteiger partial charge in [-0.3, -0.25) is 4.79 Å². The average molecular weight is 230 g/mol. The highest BCUT2D eigenvalue weighted by molar-refractivity contribution is 6.01. The van der Waals surface area contributed by atoms with E-state index in [-0.39, 0.29) is 5.91 Å². The van der Waals surface area contributed by atoms with Crippen molar-refractivity contribution in [2.75, 3.05) is 20.3 Å². The molecule has 0 saturated heterocycles. The standard InChI is InChI=1S/C13H14N2O2/c1-9-4-3-5-10-11(8-14)15(6-7-17-2)13(16)12(9)10/h3-5,11H,6-7H2,1-2H3. The van der Waals surface area contributed by atoms with Gasteiger partial charge in [0.25, 0.3) is 5.91 Å². The van der Waals surface area contributed by atoms with E-state index < -0.39 is 6.04 Å². The summed E-state index contributed by atoms with van der Waals surface area (Å²) in [6.07, 6.45) is 0. The molecule has 0 aromatic heterocycles. The number of fused-ring (bicyclic) bond motifs is 1. The highest BCUT2D eigenvalue weighted by Crippen LogP contribution is 2.34. The van der Waals surface area contributed by atoms with Gasteiger partial charge >= 0.3 is 0 Å². The fraction of sp³-hybridized carbons (Fsp3) is 0.385. The number of carbonyl (C=O) groups excluding carboxylic acids is 1. The van der Waals surface area contributed by atoms with Crippen molar-refractivity contribution in [2.45, 2.75) is 13.0 Å². The minimum Gasteiger partial charge on any atom is -0.383 e. The molecule has 2 rings (SSSR count). The van der Waals surface area contributed by atoms with E-state index in [1.807, 2.05) is 25.1 Å². The van der Waals surface area contributed by atoms with Crippen LogP contribution in [0.3, 0.4) is 0 Å². The van der Waals surface area contributed by atoms with Gasteiger partial charge in [-0.15, -0.1) is 0 Å². The van der Waals surface area contributed by atoms with Gasteiger partial charge in [-0.1, -0.05) is 18.2 Å². The van der Waals surface area contributed by atoms with Crippen LogP contribution in [-0.2, 0) is 4.74 Å². The fourth-order valence-corrected chi connectivity index (χ4v) is 2.20. The van der Waals surface area contributed by atoms with Crippen molar-refractivity contribution in [2.24, 2.45) is 0 Å². The monoisotopic (exact) mass is 230 g/mol. The normalized spacial score (nSPS) is 18.1. The molecule has 4 heteroatoms. The van der Waals surface area contributed by atoms with Gasteiger partial charge in [0.2, 0.25) is 0 Å². The van der Waals surface area contributed by atoms with Gasteiger partial charge in [-0.25, -0.2) is 0 Å². The summed E-state index contributed by atoms with van der Waals surface area (Å²) in [6.45, 7) is 2.78. The van der Waals surface area contributed by atoms with E-state index in [2.05, 4.69) is 6.07 Å². The summed E-state index contributed by atoms with van der Waals surface area (Å²) in [5.74, 6) is -0.0679. The quantitative estimate of drug-likeness (QED) is 0.793. The average Bonchev–Trinajstić information content (AvgIpc) is 2.60. The zero-order valence-corrected chi connectivity index (χ0v) is 9.93. The maximum atomic E-state index is 12.2. The van der Waals surface area contributed by atoms with Crippen molar-refractivity contribution in [3.63, 3.8) is 0 Å². The second-order valence-corrected chi connectivity index (χ2v) is 4.06. The fourth-order valence-electron chi connectivity index (χ4n) is 2.20. The van der Waals surface area contributed by atoms with E-state index in [9.17, 15) is 10.1 Å². The van der Waals surface area contributed by atoms with Crippen molar-refractivity contribution in [1.82, 2.24) is 4.90 Å². The summed E-state index contributed by atoms with van der Waals surface area (Å²) in [4.78, 5) is 13.8. The molecule has 1 aromatic carbocycles. The van der Waals surface area contributed by atoms with Crippen LogP contribution in [-0.4, -0.2) is 31.1 Å². The molecular formula is C13H14N2O2. The Balaban J connectivity index is 2.41. The highest BCUT2D eigenvalue weighted by atomic mass is 16.5. The van der Waals surface area contributed by atoms with Crippen LogP contribution in [0, 0.1) is 18.3 Å². The first kappa shape index (κ1) is 11.6. The molecule has 1 aliphatic heterocycles. The maximum Gasteiger partial charge on any atom is 0.255 e. The van der Waals surface area contributed by atoms with Gasteiger partial charge in [-0.2, -0.15) is 5.26 Å². The van der Waals surface area contributed by atoms with Crippen LogP contribution in [0.1, 0.15) is 27.5 Å². The van der Waals surface area contributed by atoms with Crippen molar-refractivity contribution in [1.29, 1.82) is 5.26 Å². The lowest BCUT2D eigenvalue weighted by Crippen LogP contribution is -2.30. The third-order valence-electron chi connectivity index (χ3n) is 3.04. The van der Waals surface area contributed by atoms with Crippen molar-refractivity contribution < 1.29 is 9.53 Å².